The van der Waals surface area contributed by atoms with Crippen LogP contribution < -0.4 is 14.8 Å². The molecule has 0 fully saturated rings. The Bertz CT molecular complexity index is 843. The van der Waals surface area contributed by atoms with Crippen molar-refractivity contribution in [1.82, 2.24) is 4.98 Å². The van der Waals surface area contributed by atoms with Crippen LogP contribution in [-0.2, 0) is 4.79 Å². The van der Waals surface area contributed by atoms with Crippen LogP contribution in [0.1, 0.15) is 6.42 Å². The molecule has 1 amide bonds. The Morgan fingerprint density at radius 3 is 2.67 bits per heavy atom. The molecule has 0 aliphatic rings. The number of para-hydroxylation sites is 3. The zero-order valence-electron chi connectivity index (χ0n) is 13.4. The molecule has 0 radical (unpaired) electrons. The predicted octanol–water partition coefficient (Wildman–Crippen LogP) is 3.65. The summed E-state index contributed by atoms with van der Waals surface area (Å²) < 4.78 is 10.8. The van der Waals surface area contributed by atoms with E-state index in [0.29, 0.717) is 17.2 Å². The molecule has 5 nitrogen and oxygen atoms in total. The smallest absolute Gasteiger partial charge is 0.227 e. The highest BCUT2D eigenvalue weighted by Crippen LogP contribution is 2.26. The standard InChI is InChI=1S/C19H18N2O3/c1-23-16-9-2-3-10-17(16)24-13-11-18(22)21-15-8-4-6-14-7-5-12-20-19(14)15/h2-10,12H,11,13H2,1H3,(H,21,22). The van der Waals surface area contributed by atoms with Crippen LogP contribution in [-0.4, -0.2) is 24.6 Å². The van der Waals surface area contributed by atoms with Crippen LogP contribution in [0.3, 0.4) is 0 Å². The Morgan fingerprint density at radius 1 is 1.04 bits per heavy atom. The van der Waals surface area contributed by atoms with E-state index in [2.05, 4.69) is 10.3 Å². The third kappa shape index (κ3) is 3.63. The van der Waals surface area contributed by atoms with Gasteiger partial charge in [-0.2, -0.15) is 0 Å². The molecule has 0 spiro atoms. The lowest BCUT2D eigenvalue weighted by atomic mass is 10.2. The van der Waals surface area contributed by atoms with E-state index < -0.39 is 0 Å². The van der Waals surface area contributed by atoms with Gasteiger partial charge in [0.05, 0.1) is 31.3 Å². The van der Waals surface area contributed by atoms with Crippen molar-refractivity contribution in [3.63, 3.8) is 0 Å². The number of aromatic nitrogens is 1. The Morgan fingerprint density at radius 2 is 1.83 bits per heavy atom. The number of benzene rings is 2. The van der Waals surface area contributed by atoms with Gasteiger partial charge in [-0.05, 0) is 24.3 Å². The molecule has 122 valence electrons. The van der Waals surface area contributed by atoms with Gasteiger partial charge in [-0.1, -0.05) is 30.3 Å². The normalized spacial score (nSPS) is 10.4. The predicted molar refractivity (Wildman–Crippen MR) is 93.5 cm³/mol. The van der Waals surface area contributed by atoms with E-state index in [9.17, 15) is 4.79 Å². The molecule has 0 saturated heterocycles. The van der Waals surface area contributed by atoms with E-state index in [4.69, 9.17) is 9.47 Å². The van der Waals surface area contributed by atoms with E-state index in [0.717, 1.165) is 10.9 Å². The van der Waals surface area contributed by atoms with Gasteiger partial charge in [0.1, 0.15) is 0 Å². The molecule has 5 heteroatoms. The lowest BCUT2D eigenvalue weighted by Gasteiger charge is -2.11. The number of rotatable bonds is 6. The van der Waals surface area contributed by atoms with E-state index in [-0.39, 0.29) is 18.9 Å². The second kappa shape index (κ2) is 7.46. The number of fused-ring (bicyclic) bond motifs is 1. The molecule has 1 N–H and O–H groups in total. The molecule has 0 aliphatic carbocycles. The third-order valence-corrected chi connectivity index (χ3v) is 3.56. The number of pyridine rings is 1. The van der Waals surface area contributed by atoms with Crippen LogP contribution in [0.25, 0.3) is 10.9 Å². The van der Waals surface area contributed by atoms with Crippen LogP contribution in [0.15, 0.2) is 60.8 Å². The minimum atomic E-state index is -0.122. The molecule has 0 aliphatic heterocycles. The fraction of sp³-hybridized carbons (Fsp3) is 0.158. The number of hydrogen-bond acceptors (Lipinski definition) is 4. The maximum atomic E-state index is 12.2. The molecule has 0 unspecified atom stereocenters. The maximum absolute atomic E-state index is 12.2. The first kappa shape index (κ1) is 15.8. The summed E-state index contributed by atoms with van der Waals surface area (Å²) in [6, 6.07) is 16.9. The van der Waals surface area contributed by atoms with Crippen molar-refractivity contribution in [3.8, 4) is 11.5 Å². The van der Waals surface area contributed by atoms with E-state index in [1.165, 1.54) is 0 Å². The SMILES string of the molecule is COc1ccccc1OCCC(=O)Nc1cccc2cccnc12. The number of ether oxygens (including phenoxy) is 2. The monoisotopic (exact) mass is 322 g/mol. The van der Waals surface area contributed by atoms with Crippen molar-refractivity contribution in [3.05, 3.63) is 60.8 Å². The summed E-state index contributed by atoms with van der Waals surface area (Å²) in [7, 11) is 1.59. The molecule has 1 aromatic heterocycles. The summed E-state index contributed by atoms with van der Waals surface area (Å²) in [5.74, 6) is 1.15. The zero-order chi connectivity index (χ0) is 16.8. The summed E-state index contributed by atoms with van der Waals surface area (Å²) in [5, 5.41) is 3.87. The summed E-state index contributed by atoms with van der Waals surface area (Å²) in [5.41, 5.74) is 1.48. The molecule has 0 bridgehead atoms. The van der Waals surface area contributed by atoms with Gasteiger partial charge in [-0.3, -0.25) is 9.78 Å². The molecule has 0 atom stereocenters. The largest absolute Gasteiger partial charge is 0.493 e. The number of nitrogens with zero attached hydrogens (tertiary/aromatic N) is 1. The van der Waals surface area contributed by atoms with Crippen molar-refractivity contribution < 1.29 is 14.3 Å². The Kier molecular flexibility index (Phi) is 4.91. The van der Waals surface area contributed by atoms with Crippen molar-refractivity contribution in [2.45, 2.75) is 6.42 Å². The quantitative estimate of drug-likeness (QED) is 0.752. The number of anilines is 1. The number of hydrogen-bond donors (Lipinski definition) is 1. The van der Waals surface area contributed by atoms with Crippen LogP contribution in [0.5, 0.6) is 11.5 Å². The zero-order valence-corrected chi connectivity index (χ0v) is 13.4. The summed E-state index contributed by atoms with van der Waals surface area (Å²) in [6.07, 6.45) is 1.95. The average molecular weight is 322 g/mol. The van der Waals surface area contributed by atoms with Crippen LogP contribution in [0, 0.1) is 0 Å². The topological polar surface area (TPSA) is 60.5 Å². The number of amides is 1. The van der Waals surface area contributed by atoms with Crippen LogP contribution >= 0.6 is 0 Å². The first-order valence-electron chi connectivity index (χ1n) is 7.67. The average Bonchev–Trinajstić information content (AvgIpc) is 2.62. The molecule has 3 aromatic rings. The highest BCUT2D eigenvalue weighted by atomic mass is 16.5. The fourth-order valence-electron chi connectivity index (χ4n) is 2.41. The fourth-order valence-corrected chi connectivity index (χ4v) is 2.41. The number of nitrogens with one attached hydrogen (secondary N) is 1. The summed E-state index contributed by atoms with van der Waals surface area (Å²) in [4.78, 5) is 16.5. The van der Waals surface area contributed by atoms with Crippen molar-refractivity contribution in [2.24, 2.45) is 0 Å². The lowest BCUT2D eigenvalue weighted by molar-refractivity contribution is -0.116. The lowest BCUT2D eigenvalue weighted by Crippen LogP contribution is -2.15. The van der Waals surface area contributed by atoms with Gasteiger partial charge in [-0.15, -0.1) is 0 Å². The molecular formula is C19H18N2O3. The van der Waals surface area contributed by atoms with Gasteiger partial charge in [0.25, 0.3) is 0 Å². The van der Waals surface area contributed by atoms with Crippen molar-refractivity contribution >= 4 is 22.5 Å². The minimum Gasteiger partial charge on any atom is -0.493 e. The Labute approximate surface area is 140 Å². The van der Waals surface area contributed by atoms with E-state index in [1.807, 2.05) is 54.6 Å². The minimum absolute atomic E-state index is 0.122. The number of methoxy groups -OCH3 is 1. The maximum Gasteiger partial charge on any atom is 0.227 e. The molecular weight excluding hydrogens is 304 g/mol. The van der Waals surface area contributed by atoms with Crippen LogP contribution in [0.2, 0.25) is 0 Å². The number of carbonyl (C=O) groups is 1. The van der Waals surface area contributed by atoms with Crippen molar-refractivity contribution in [1.29, 1.82) is 0 Å². The van der Waals surface area contributed by atoms with E-state index >= 15 is 0 Å². The molecule has 24 heavy (non-hydrogen) atoms. The molecule has 3 rings (SSSR count). The van der Waals surface area contributed by atoms with Gasteiger partial charge in [0.2, 0.25) is 5.91 Å². The molecule has 2 aromatic carbocycles. The van der Waals surface area contributed by atoms with Gasteiger partial charge in [0, 0.05) is 11.6 Å². The molecule has 0 saturated carbocycles. The second-order valence-electron chi connectivity index (χ2n) is 5.18. The highest BCUT2D eigenvalue weighted by Gasteiger charge is 2.08. The van der Waals surface area contributed by atoms with Crippen LogP contribution in [0.4, 0.5) is 5.69 Å². The number of carbonyl (C=O) groups excluding carboxylic acids is 1. The van der Waals surface area contributed by atoms with E-state index in [1.54, 1.807) is 13.3 Å². The first-order chi connectivity index (χ1) is 11.8. The summed E-state index contributed by atoms with van der Waals surface area (Å²) >= 11 is 0. The Hall–Kier alpha value is -3.08. The summed E-state index contributed by atoms with van der Waals surface area (Å²) in [6.45, 7) is 0.268. The van der Waals surface area contributed by atoms with Gasteiger partial charge in [-0.25, -0.2) is 0 Å². The van der Waals surface area contributed by atoms with Gasteiger partial charge < -0.3 is 14.8 Å². The van der Waals surface area contributed by atoms with Gasteiger partial charge >= 0.3 is 0 Å². The highest BCUT2D eigenvalue weighted by molar-refractivity contribution is 6.00. The first-order valence-corrected chi connectivity index (χ1v) is 7.67. The molecule has 1 heterocycles. The third-order valence-electron chi connectivity index (χ3n) is 3.56. The van der Waals surface area contributed by atoms with Crippen molar-refractivity contribution in [2.75, 3.05) is 19.0 Å². The Balaban J connectivity index is 1.59. The van der Waals surface area contributed by atoms with Gasteiger partial charge in [0.15, 0.2) is 11.5 Å². The second-order valence-corrected chi connectivity index (χ2v) is 5.18.